The van der Waals surface area contributed by atoms with Crippen LogP contribution >= 0.6 is 11.3 Å². The maximum absolute atomic E-state index is 4.23. The molecule has 8 aromatic rings. The third kappa shape index (κ3) is 4.27. The number of aromatic nitrogens is 1. The van der Waals surface area contributed by atoms with E-state index in [9.17, 15) is 0 Å². The summed E-state index contributed by atoms with van der Waals surface area (Å²) in [6.45, 7) is 6.32. The molecule has 220 valence electrons. The van der Waals surface area contributed by atoms with E-state index in [1.54, 1.807) is 0 Å². The second-order valence-corrected chi connectivity index (χ2v) is 16.5. The number of fused-ring (bicyclic) bond motifs is 4. The molecule has 46 heavy (non-hydrogen) atoms. The molecule has 0 unspecified atom stereocenters. The van der Waals surface area contributed by atoms with Crippen molar-refractivity contribution in [3.05, 3.63) is 175 Å². The summed E-state index contributed by atoms with van der Waals surface area (Å²) in [5.41, 5.74) is 4.83. The van der Waals surface area contributed by atoms with E-state index in [-0.39, 0.29) is 0 Å². The van der Waals surface area contributed by atoms with Gasteiger partial charge in [0.25, 0.3) is 0 Å². The summed E-state index contributed by atoms with van der Waals surface area (Å²) in [4.78, 5) is 1.25. The number of hydrogen-bond acceptors (Lipinski definition) is 1. The SMILES string of the molecule is C=Cc1c(/C=C\C)sc2c([Si](c3ccccc3)(c3ccccc3)c3cccc(-n4c5ccccc5c5ccccc54)c3)cccc12. The van der Waals surface area contributed by atoms with E-state index < -0.39 is 8.07 Å². The minimum absolute atomic E-state index is 1.18. The molecule has 6 aromatic carbocycles. The second kappa shape index (κ2) is 11.6. The Labute approximate surface area is 275 Å². The number of para-hydroxylation sites is 2. The van der Waals surface area contributed by atoms with Crippen LogP contribution in [0.4, 0.5) is 0 Å². The Morgan fingerprint density at radius 3 is 1.74 bits per heavy atom. The average Bonchev–Trinajstić information content (AvgIpc) is 3.65. The highest BCUT2D eigenvalue weighted by Gasteiger charge is 2.43. The molecule has 0 amide bonds. The first-order valence-electron chi connectivity index (χ1n) is 15.8. The number of hydrogen-bond donors (Lipinski definition) is 0. The Balaban J connectivity index is 1.51. The Kier molecular flexibility index (Phi) is 7.13. The molecule has 0 radical (unpaired) electrons. The van der Waals surface area contributed by atoms with Gasteiger partial charge in [0.15, 0.2) is 8.07 Å². The van der Waals surface area contributed by atoms with Crippen molar-refractivity contribution in [1.29, 1.82) is 0 Å². The van der Waals surface area contributed by atoms with E-state index in [0.29, 0.717) is 0 Å². The summed E-state index contributed by atoms with van der Waals surface area (Å²) in [7, 11) is -2.85. The maximum atomic E-state index is 4.23. The first kappa shape index (κ1) is 28.3. The van der Waals surface area contributed by atoms with Gasteiger partial charge in [0.1, 0.15) is 0 Å². The van der Waals surface area contributed by atoms with Crippen molar-refractivity contribution in [3.63, 3.8) is 0 Å². The lowest BCUT2D eigenvalue weighted by molar-refractivity contribution is 1.18. The van der Waals surface area contributed by atoms with Gasteiger partial charge in [-0.15, -0.1) is 11.3 Å². The molecule has 0 saturated heterocycles. The van der Waals surface area contributed by atoms with Gasteiger partial charge >= 0.3 is 0 Å². The lowest BCUT2D eigenvalue weighted by Crippen LogP contribution is -2.74. The van der Waals surface area contributed by atoms with Gasteiger partial charge in [-0.2, -0.15) is 0 Å². The van der Waals surface area contributed by atoms with Crippen molar-refractivity contribution in [2.75, 3.05) is 0 Å². The molecule has 2 aromatic heterocycles. The molecule has 0 bridgehead atoms. The van der Waals surface area contributed by atoms with Gasteiger partial charge in [-0.05, 0) is 63.6 Å². The zero-order chi connectivity index (χ0) is 31.1. The van der Waals surface area contributed by atoms with Gasteiger partial charge in [0.05, 0.1) is 11.0 Å². The Morgan fingerprint density at radius 1 is 0.587 bits per heavy atom. The first-order valence-corrected chi connectivity index (χ1v) is 18.6. The van der Waals surface area contributed by atoms with Crippen molar-refractivity contribution in [3.8, 4) is 5.69 Å². The third-order valence-electron chi connectivity index (χ3n) is 9.24. The summed E-state index contributed by atoms with van der Waals surface area (Å²) in [5.74, 6) is 0. The van der Waals surface area contributed by atoms with Crippen molar-refractivity contribution < 1.29 is 0 Å². The van der Waals surface area contributed by atoms with E-state index in [4.69, 9.17) is 0 Å². The van der Waals surface area contributed by atoms with Gasteiger partial charge in [0, 0.05) is 31.4 Å². The number of allylic oxidation sites excluding steroid dienone is 1. The van der Waals surface area contributed by atoms with Gasteiger partial charge in [0.2, 0.25) is 0 Å². The third-order valence-corrected chi connectivity index (χ3v) is 15.4. The molecular formula is C43H33NSSi. The normalized spacial score (nSPS) is 12.0. The van der Waals surface area contributed by atoms with E-state index >= 15 is 0 Å². The van der Waals surface area contributed by atoms with E-state index in [1.165, 1.54) is 68.8 Å². The number of benzene rings is 6. The summed E-state index contributed by atoms with van der Waals surface area (Å²) < 4.78 is 3.78. The van der Waals surface area contributed by atoms with Crippen LogP contribution in [0.3, 0.4) is 0 Å². The fourth-order valence-corrected chi connectivity index (χ4v) is 14.0. The zero-order valence-corrected chi connectivity index (χ0v) is 27.5. The van der Waals surface area contributed by atoms with Crippen LogP contribution in [0.5, 0.6) is 0 Å². The summed E-state index contributed by atoms with van der Waals surface area (Å²) >= 11 is 1.89. The molecule has 3 heteroatoms. The van der Waals surface area contributed by atoms with Crippen LogP contribution in [0.2, 0.25) is 0 Å². The lowest BCUT2D eigenvalue weighted by atomic mass is 10.1. The number of rotatable bonds is 7. The van der Waals surface area contributed by atoms with Crippen molar-refractivity contribution in [2.24, 2.45) is 0 Å². The van der Waals surface area contributed by atoms with Gasteiger partial charge < -0.3 is 4.57 Å². The van der Waals surface area contributed by atoms with Crippen LogP contribution in [-0.4, -0.2) is 12.6 Å². The number of thiophene rings is 1. The molecule has 0 aliphatic rings. The van der Waals surface area contributed by atoms with Crippen molar-refractivity contribution >= 4 is 84.2 Å². The molecule has 0 N–H and O–H groups in total. The molecule has 8 rings (SSSR count). The fraction of sp³-hybridized carbons (Fsp3) is 0.0233. The van der Waals surface area contributed by atoms with Gasteiger partial charge in [-0.1, -0.05) is 146 Å². The topological polar surface area (TPSA) is 4.93 Å². The molecule has 2 heterocycles. The first-order chi connectivity index (χ1) is 22.8. The molecule has 0 atom stereocenters. The molecular weight excluding hydrogens is 591 g/mol. The van der Waals surface area contributed by atoms with E-state index in [2.05, 4.69) is 182 Å². The summed E-state index contributed by atoms with van der Waals surface area (Å²) in [6.07, 6.45) is 6.38. The van der Waals surface area contributed by atoms with E-state index in [0.717, 1.165) is 0 Å². The molecule has 0 saturated carbocycles. The minimum atomic E-state index is -2.85. The Bertz CT molecular complexity index is 2300. The molecule has 1 nitrogen and oxygen atoms in total. The molecule has 0 spiro atoms. The molecule has 0 aliphatic heterocycles. The van der Waals surface area contributed by atoms with E-state index in [1.807, 2.05) is 17.4 Å². The van der Waals surface area contributed by atoms with Crippen molar-refractivity contribution in [1.82, 2.24) is 4.57 Å². The monoisotopic (exact) mass is 623 g/mol. The summed E-state index contributed by atoms with van der Waals surface area (Å²) in [6, 6.07) is 56.3. The lowest BCUT2D eigenvalue weighted by Gasteiger charge is -2.35. The van der Waals surface area contributed by atoms with Crippen LogP contribution in [0.1, 0.15) is 17.4 Å². The standard InChI is InChI=1S/C43H33NSSi/c1-3-17-41-35(4-2)38-26-16-29-42(43(38)45-41)46(32-19-7-5-8-20-32,33-21-9-6-10-22-33)34-23-15-18-31(30-34)44-39-27-13-11-24-36(39)37-25-12-14-28-40(37)44/h3-30H,2H2,1H3/b17-3-. The maximum Gasteiger partial charge on any atom is 0.181 e. The van der Waals surface area contributed by atoms with Crippen LogP contribution in [-0.2, 0) is 0 Å². The quantitative estimate of drug-likeness (QED) is 0.123. The van der Waals surface area contributed by atoms with Crippen molar-refractivity contribution in [2.45, 2.75) is 6.92 Å². The fourth-order valence-electron chi connectivity index (χ4n) is 7.36. The largest absolute Gasteiger partial charge is 0.309 e. The highest BCUT2D eigenvalue weighted by atomic mass is 32.1. The van der Waals surface area contributed by atoms with Gasteiger partial charge in [-0.25, -0.2) is 0 Å². The van der Waals surface area contributed by atoms with Crippen LogP contribution in [0, 0.1) is 0 Å². The van der Waals surface area contributed by atoms with Gasteiger partial charge in [-0.3, -0.25) is 0 Å². The van der Waals surface area contributed by atoms with Crippen LogP contribution in [0.15, 0.2) is 164 Å². The highest BCUT2D eigenvalue weighted by molar-refractivity contribution is 7.27. The Morgan fingerprint density at radius 2 is 1.13 bits per heavy atom. The van der Waals surface area contributed by atoms with Crippen LogP contribution in [0.25, 0.3) is 49.7 Å². The Hall–Kier alpha value is -5.22. The smallest absolute Gasteiger partial charge is 0.181 e. The predicted molar refractivity (Wildman–Crippen MR) is 205 cm³/mol. The molecule has 0 aliphatic carbocycles. The van der Waals surface area contributed by atoms with Crippen LogP contribution < -0.4 is 20.7 Å². The predicted octanol–water partition coefficient (Wildman–Crippen LogP) is 9.05. The average molecular weight is 624 g/mol. The summed E-state index contributed by atoms with van der Waals surface area (Å²) in [5, 5.41) is 9.32. The number of nitrogens with zero attached hydrogens (tertiary/aromatic N) is 1. The minimum Gasteiger partial charge on any atom is -0.309 e. The second-order valence-electron chi connectivity index (χ2n) is 11.7. The highest BCUT2D eigenvalue weighted by Crippen LogP contribution is 2.34. The zero-order valence-electron chi connectivity index (χ0n) is 25.7. The molecule has 0 fully saturated rings.